The van der Waals surface area contributed by atoms with Crippen LogP contribution in [0, 0.1) is 0 Å². The van der Waals surface area contributed by atoms with Gasteiger partial charge in [-0.05, 0) is 60.0 Å². The maximum absolute atomic E-state index is 12.1. The summed E-state index contributed by atoms with van der Waals surface area (Å²) in [6.45, 7) is 0.608. The zero-order valence-corrected chi connectivity index (χ0v) is 16.3. The lowest BCUT2D eigenvalue weighted by molar-refractivity contribution is -0.139. The monoisotopic (exact) mass is 404 g/mol. The molecule has 2 aromatic carbocycles. The van der Waals surface area contributed by atoms with Crippen LogP contribution in [0.1, 0.15) is 36.0 Å². The molecule has 28 heavy (non-hydrogen) atoms. The molecule has 0 heterocycles. The van der Waals surface area contributed by atoms with Crippen molar-refractivity contribution in [2.45, 2.75) is 38.3 Å². The minimum absolute atomic E-state index is 0. The molecule has 150 valence electrons. The largest absolute Gasteiger partial charge is 0.480 e. The normalized spacial score (nSPS) is 12.3. The number of rotatable bonds is 8. The molecule has 1 aliphatic carbocycles. The summed E-state index contributed by atoms with van der Waals surface area (Å²) in [6.07, 6.45) is 1.78. The molecule has 0 saturated heterocycles. The second kappa shape index (κ2) is 10.1. The SMILES string of the molecule is Cl.NCCCCC(NC(=O)OCc1cccc2c1Cc1ccccc1-2)C(=O)O. The summed E-state index contributed by atoms with van der Waals surface area (Å²) in [5.41, 5.74) is 11.2. The molecule has 3 rings (SSSR count). The van der Waals surface area contributed by atoms with Crippen molar-refractivity contribution in [1.29, 1.82) is 0 Å². The average molecular weight is 405 g/mol. The van der Waals surface area contributed by atoms with E-state index >= 15 is 0 Å². The number of hydrogen-bond acceptors (Lipinski definition) is 4. The molecular formula is C21H25ClN2O4. The van der Waals surface area contributed by atoms with E-state index in [4.69, 9.17) is 10.5 Å². The number of nitrogens with one attached hydrogen (secondary N) is 1. The van der Waals surface area contributed by atoms with Crippen LogP contribution in [-0.4, -0.2) is 29.8 Å². The summed E-state index contributed by atoms with van der Waals surface area (Å²) in [5.74, 6) is -1.07. The Bertz CT molecular complexity index is 841. The summed E-state index contributed by atoms with van der Waals surface area (Å²) in [5, 5.41) is 11.7. The van der Waals surface area contributed by atoms with E-state index < -0.39 is 18.1 Å². The number of amides is 1. The van der Waals surface area contributed by atoms with E-state index in [0.717, 1.165) is 29.5 Å². The predicted molar refractivity (Wildman–Crippen MR) is 110 cm³/mol. The summed E-state index contributed by atoms with van der Waals surface area (Å²) in [7, 11) is 0. The third-order valence-electron chi connectivity index (χ3n) is 4.84. The first-order valence-electron chi connectivity index (χ1n) is 9.15. The number of aliphatic carboxylic acids is 1. The quantitative estimate of drug-likeness (QED) is 0.499. The number of carboxylic acid groups (broad SMARTS) is 1. The Morgan fingerprint density at radius 3 is 2.61 bits per heavy atom. The molecule has 0 bridgehead atoms. The molecule has 0 saturated carbocycles. The summed E-state index contributed by atoms with van der Waals surface area (Å²) in [6, 6.07) is 13.2. The van der Waals surface area contributed by atoms with Crippen LogP contribution in [0.15, 0.2) is 42.5 Å². The molecule has 0 spiro atoms. The van der Waals surface area contributed by atoms with Gasteiger partial charge in [-0.2, -0.15) is 0 Å². The predicted octanol–water partition coefficient (Wildman–Crippen LogP) is 3.49. The molecular weight excluding hydrogens is 380 g/mol. The maximum Gasteiger partial charge on any atom is 0.408 e. The lowest BCUT2D eigenvalue weighted by atomic mass is 10.0. The minimum atomic E-state index is -1.07. The van der Waals surface area contributed by atoms with E-state index in [1.54, 1.807) is 0 Å². The number of alkyl carbamates (subject to hydrolysis) is 1. The number of fused-ring (bicyclic) bond motifs is 3. The number of halogens is 1. The fourth-order valence-electron chi connectivity index (χ4n) is 3.44. The van der Waals surface area contributed by atoms with E-state index in [1.165, 1.54) is 11.1 Å². The zero-order chi connectivity index (χ0) is 19.2. The second-order valence-corrected chi connectivity index (χ2v) is 6.67. The van der Waals surface area contributed by atoms with Crippen molar-refractivity contribution in [3.63, 3.8) is 0 Å². The number of ether oxygens (including phenoxy) is 1. The van der Waals surface area contributed by atoms with Crippen LogP contribution in [0.2, 0.25) is 0 Å². The molecule has 0 radical (unpaired) electrons. The van der Waals surface area contributed by atoms with Crippen molar-refractivity contribution < 1.29 is 19.4 Å². The van der Waals surface area contributed by atoms with Crippen molar-refractivity contribution in [3.05, 3.63) is 59.2 Å². The smallest absolute Gasteiger partial charge is 0.408 e. The molecule has 6 nitrogen and oxygen atoms in total. The number of hydrogen-bond donors (Lipinski definition) is 3. The lowest BCUT2D eigenvalue weighted by Crippen LogP contribution is -2.41. The molecule has 0 aliphatic heterocycles. The van der Waals surface area contributed by atoms with E-state index in [2.05, 4.69) is 23.5 Å². The van der Waals surface area contributed by atoms with Crippen LogP contribution in [0.25, 0.3) is 11.1 Å². The van der Waals surface area contributed by atoms with Gasteiger partial charge in [0.1, 0.15) is 12.6 Å². The molecule has 2 aromatic rings. The number of nitrogens with two attached hydrogens (primary N) is 1. The van der Waals surface area contributed by atoms with E-state index in [1.807, 2.05) is 24.3 Å². The maximum atomic E-state index is 12.1. The van der Waals surface area contributed by atoms with Crippen LogP contribution in [-0.2, 0) is 22.6 Å². The number of unbranched alkanes of at least 4 members (excludes halogenated alkanes) is 1. The fourth-order valence-corrected chi connectivity index (χ4v) is 3.44. The van der Waals surface area contributed by atoms with Gasteiger partial charge in [-0.3, -0.25) is 0 Å². The van der Waals surface area contributed by atoms with Gasteiger partial charge in [0.15, 0.2) is 0 Å². The van der Waals surface area contributed by atoms with Crippen molar-refractivity contribution >= 4 is 24.5 Å². The highest BCUT2D eigenvalue weighted by Gasteiger charge is 2.22. The molecule has 0 aromatic heterocycles. The van der Waals surface area contributed by atoms with Crippen LogP contribution < -0.4 is 11.1 Å². The van der Waals surface area contributed by atoms with Crippen molar-refractivity contribution in [2.24, 2.45) is 5.73 Å². The van der Waals surface area contributed by atoms with Gasteiger partial charge >= 0.3 is 12.1 Å². The molecule has 1 atom stereocenters. The number of carbonyl (C=O) groups is 2. The average Bonchev–Trinajstić information content (AvgIpc) is 3.05. The summed E-state index contributed by atoms with van der Waals surface area (Å²) >= 11 is 0. The Hall–Kier alpha value is -2.57. The van der Waals surface area contributed by atoms with Gasteiger partial charge in [0.2, 0.25) is 0 Å². The Morgan fingerprint density at radius 1 is 1.11 bits per heavy atom. The molecule has 1 amide bonds. The highest BCUT2D eigenvalue weighted by molar-refractivity contribution is 5.85. The van der Waals surface area contributed by atoms with Gasteiger partial charge in [0.05, 0.1) is 0 Å². The lowest BCUT2D eigenvalue weighted by Gasteiger charge is -2.15. The highest BCUT2D eigenvalue weighted by Crippen LogP contribution is 2.38. The van der Waals surface area contributed by atoms with E-state index in [0.29, 0.717) is 19.4 Å². The fraction of sp³-hybridized carbons (Fsp3) is 0.333. The van der Waals surface area contributed by atoms with Crippen LogP contribution >= 0.6 is 12.4 Å². The Kier molecular flexibility index (Phi) is 7.84. The van der Waals surface area contributed by atoms with Gasteiger partial charge in [-0.1, -0.05) is 42.5 Å². The Morgan fingerprint density at radius 2 is 1.86 bits per heavy atom. The Labute approximate surface area is 170 Å². The van der Waals surface area contributed by atoms with Crippen molar-refractivity contribution in [3.8, 4) is 11.1 Å². The summed E-state index contributed by atoms with van der Waals surface area (Å²) in [4.78, 5) is 23.3. The molecule has 0 fully saturated rings. The van der Waals surface area contributed by atoms with Gasteiger partial charge in [-0.25, -0.2) is 9.59 Å². The highest BCUT2D eigenvalue weighted by atomic mass is 35.5. The van der Waals surface area contributed by atoms with Gasteiger partial charge in [-0.15, -0.1) is 12.4 Å². The molecule has 4 N–H and O–H groups in total. The standard InChI is InChI=1S/C21H24N2O4.ClH/c22-11-4-3-10-19(20(24)25)23-21(26)27-13-15-7-5-9-17-16-8-2-1-6-14(16)12-18(15)17;/h1-2,5-9,19H,3-4,10-13,22H2,(H,23,26)(H,24,25);1H. The first-order chi connectivity index (χ1) is 13.1. The summed E-state index contributed by atoms with van der Waals surface area (Å²) < 4.78 is 5.30. The van der Waals surface area contributed by atoms with Crippen LogP contribution in [0.4, 0.5) is 4.79 Å². The van der Waals surface area contributed by atoms with Crippen molar-refractivity contribution in [2.75, 3.05) is 6.54 Å². The number of carbonyl (C=O) groups excluding carboxylic acids is 1. The van der Waals surface area contributed by atoms with E-state index in [9.17, 15) is 14.7 Å². The second-order valence-electron chi connectivity index (χ2n) is 6.67. The van der Waals surface area contributed by atoms with E-state index in [-0.39, 0.29) is 19.0 Å². The molecule has 7 heteroatoms. The first kappa shape index (κ1) is 21.7. The molecule has 1 unspecified atom stereocenters. The minimum Gasteiger partial charge on any atom is -0.480 e. The number of benzene rings is 2. The topological polar surface area (TPSA) is 102 Å². The molecule has 1 aliphatic rings. The third-order valence-corrected chi connectivity index (χ3v) is 4.84. The Balaban J connectivity index is 0.00000280. The first-order valence-corrected chi connectivity index (χ1v) is 9.15. The van der Waals surface area contributed by atoms with Gasteiger partial charge in [0.25, 0.3) is 0 Å². The van der Waals surface area contributed by atoms with Gasteiger partial charge < -0.3 is 20.9 Å². The third kappa shape index (κ3) is 5.03. The van der Waals surface area contributed by atoms with Crippen LogP contribution in [0.3, 0.4) is 0 Å². The van der Waals surface area contributed by atoms with Gasteiger partial charge in [0, 0.05) is 0 Å². The number of carboxylic acids is 1. The van der Waals surface area contributed by atoms with Crippen LogP contribution in [0.5, 0.6) is 0 Å². The zero-order valence-electron chi connectivity index (χ0n) is 15.5. The van der Waals surface area contributed by atoms with Crippen molar-refractivity contribution in [1.82, 2.24) is 5.32 Å².